The summed E-state index contributed by atoms with van der Waals surface area (Å²) in [4.78, 5) is 15.5. The zero-order valence-corrected chi connectivity index (χ0v) is 18.1. The molecule has 166 valence electrons. The maximum absolute atomic E-state index is 13.4. The highest BCUT2D eigenvalue weighted by atomic mass is 16.5. The lowest BCUT2D eigenvalue weighted by molar-refractivity contribution is 0.0442. The van der Waals surface area contributed by atoms with Crippen molar-refractivity contribution in [3.05, 3.63) is 102 Å². The van der Waals surface area contributed by atoms with Crippen LogP contribution < -0.4 is 10.5 Å². The lowest BCUT2D eigenvalue weighted by Crippen LogP contribution is -2.51. The van der Waals surface area contributed by atoms with Crippen molar-refractivity contribution in [3.63, 3.8) is 0 Å². The van der Waals surface area contributed by atoms with Crippen LogP contribution in [0.25, 0.3) is 0 Å². The molecule has 1 saturated heterocycles. The average molecular weight is 431 g/mol. The Labute approximate surface area is 189 Å². The van der Waals surface area contributed by atoms with E-state index in [-0.39, 0.29) is 5.78 Å². The Balaban J connectivity index is 1.45. The number of aliphatic hydroxyl groups excluding tert-OH is 1. The lowest BCUT2D eigenvalue weighted by atomic mass is 9.88. The molecule has 1 fully saturated rings. The normalized spacial score (nSPS) is 21.6. The van der Waals surface area contributed by atoms with Crippen molar-refractivity contribution in [2.24, 2.45) is 11.7 Å². The second-order valence-corrected chi connectivity index (χ2v) is 8.34. The van der Waals surface area contributed by atoms with Crippen molar-refractivity contribution in [2.75, 3.05) is 6.54 Å². The van der Waals surface area contributed by atoms with Crippen molar-refractivity contribution in [1.29, 1.82) is 0 Å². The van der Waals surface area contributed by atoms with Crippen LogP contribution in [-0.4, -0.2) is 34.6 Å². The minimum atomic E-state index is -0.757. The van der Waals surface area contributed by atoms with Crippen LogP contribution in [0.4, 0.5) is 0 Å². The fourth-order valence-electron chi connectivity index (χ4n) is 4.27. The molecule has 3 aromatic carbocycles. The Morgan fingerprint density at radius 3 is 2.22 bits per heavy atom. The maximum Gasteiger partial charge on any atom is 0.171 e. The molecule has 0 bridgehead atoms. The van der Waals surface area contributed by atoms with Gasteiger partial charge in [0.25, 0.3) is 0 Å². The van der Waals surface area contributed by atoms with Crippen molar-refractivity contribution < 1.29 is 14.6 Å². The maximum atomic E-state index is 13.4. The van der Waals surface area contributed by atoms with Gasteiger partial charge in [-0.05, 0) is 48.2 Å². The van der Waals surface area contributed by atoms with E-state index in [4.69, 9.17) is 10.5 Å². The number of benzene rings is 3. The van der Waals surface area contributed by atoms with E-state index < -0.39 is 18.2 Å². The van der Waals surface area contributed by atoms with E-state index in [1.165, 1.54) is 0 Å². The monoisotopic (exact) mass is 430 g/mol. The number of likely N-dealkylation sites (tertiary alicyclic amines) is 1. The van der Waals surface area contributed by atoms with Crippen LogP contribution in [0.15, 0.2) is 84.9 Å². The van der Waals surface area contributed by atoms with Gasteiger partial charge in [-0.2, -0.15) is 0 Å². The first-order valence-electron chi connectivity index (χ1n) is 11.1. The summed E-state index contributed by atoms with van der Waals surface area (Å²) in [5, 5.41) is 10.7. The van der Waals surface area contributed by atoms with Gasteiger partial charge < -0.3 is 15.6 Å². The molecule has 0 radical (unpaired) electrons. The third-order valence-electron chi connectivity index (χ3n) is 6.07. The molecule has 32 heavy (non-hydrogen) atoms. The van der Waals surface area contributed by atoms with Crippen LogP contribution in [0.5, 0.6) is 5.75 Å². The van der Waals surface area contributed by atoms with Crippen LogP contribution in [0.3, 0.4) is 0 Å². The van der Waals surface area contributed by atoms with Gasteiger partial charge in [0, 0.05) is 18.7 Å². The number of ketones is 1. The van der Waals surface area contributed by atoms with E-state index in [1.54, 1.807) is 24.3 Å². The first-order valence-corrected chi connectivity index (χ1v) is 11.1. The molecule has 3 unspecified atom stereocenters. The van der Waals surface area contributed by atoms with Crippen molar-refractivity contribution in [1.82, 2.24) is 4.90 Å². The molecule has 5 nitrogen and oxygen atoms in total. The summed E-state index contributed by atoms with van der Waals surface area (Å²) in [6, 6.07) is 27.1. The Bertz CT molecular complexity index is 992. The Hall–Kier alpha value is -2.99. The van der Waals surface area contributed by atoms with Gasteiger partial charge in [0.15, 0.2) is 5.78 Å². The number of nitrogens with zero attached hydrogens (tertiary/aromatic N) is 1. The number of Topliss-reactive ketones (excluding diaryl/α,β-unsaturated/α-hetero) is 1. The summed E-state index contributed by atoms with van der Waals surface area (Å²) < 4.78 is 5.82. The highest BCUT2D eigenvalue weighted by Crippen LogP contribution is 2.27. The Kier molecular flexibility index (Phi) is 7.32. The summed E-state index contributed by atoms with van der Waals surface area (Å²) >= 11 is 0. The number of hydrogen-bond donors (Lipinski definition) is 2. The molecular formula is C27H30N2O3. The summed E-state index contributed by atoms with van der Waals surface area (Å²) in [5.74, 6) is -0.0984. The minimum Gasteiger partial charge on any atom is -0.489 e. The molecule has 5 heteroatoms. The SMILES string of the molecule is NC1C(C(=O)c2ccc(OCc3ccccc3)cc2)C(O)CCCN1Cc1ccccc1. The molecule has 0 spiro atoms. The first-order chi connectivity index (χ1) is 15.6. The fourth-order valence-corrected chi connectivity index (χ4v) is 4.27. The van der Waals surface area contributed by atoms with Crippen molar-refractivity contribution >= 4 is 5.78 Å². The number of carbonyl (C=O) groups is 1. The third-order valence-corrected chi connectivity index (χ3v) is 6.07. The smallest absolute Gasteiger partial charge is 0.171 e. The van der Waals surface area contributed by atoms with Crippen LogP contribution in [-0.2, 0) is 13.2 Å². The second kappa shape index (κ2) is 10.6. The molecule has 3 aromatic rings. The van der Waals surface area contributed by atoms with Gasteiger partial charge in [0.1, 0.15) is 12.4 Å². The molecule has 0 saturated carbocycles. The largest absolute Gasteiger partial charge is 0.489 e. The Morgan fingerprint density at radius 1 is 0.938 bits per heavy atom. The molecule has 1 heterocycles. The number of hydrogen-bond acceptors (Lipinski definition) is 5. The van der Waals surface area contributed by atoms with Gasteiger partial charge in [0.05, 0.1) is 18.2 Å². The Morgan fingerprint density at radius 2 is 1.56 bits per heavy atom. The van der Waals surface area contributed by atoms with E-state index in [9.17, 15) is 9.90 Å². The zero-order chi connectivity index (χ0) is 22.3. The predicted octanol–water partition coefficient (Wildman–Crippen LogP) is 4.01. The molecule has 4 rings (SSSR count). The third kappa shape index (κ3) is 5.43. The molecular weight excluding hydrogens is 400 g/mol. The van der Waals surface area contributed by atoms with Crippen LogP contribution in [0.1, 0.15) is 34.3 Å². The quantitative estimate of drug-likeness (QED) is 0.554. The fraction of sp³-hybridized carbons (Fsp3) is 0.296. The van der Waals surface area contributed by atoms with Gasteiger partial charge in [-0.3, -0.25) is 9.69 Å². The lowest BCUT2D eigenvalue weighted by Gasteiger charge is -2.33. The summed E-state index contributed by atoms with van der Waals surface area (Å²) in [5.41, 5.74) is 9.33. The molecule has 0 amide bonds. The van der Waals surface area contributed by atoms with E-state index in [2.05, 4.69) is 17.0 Å². The van der Waals surface area contributed by atoms with Crippen LogP contribution >= 0.6 is 0 Å². The van der Waals surface area contributed by atoms with Gasteiger partial charge in [-0.15, -0.1) is 0 Å². The number of nitrogens with two attached hydrogens (primary N) is 1. The van der Waals surface area contributed by atoms with E-state index in [0.29, 0.717) is 30.9 Å². The van der Waals surface area contributed by atoms with Crippen molar-refractivity contribution in [3.8, 4) is 5.75 Å². The van der Waals surface area contributed by atoms with E-state index >= 15 is 0 Å². The molecule has 0 aromatic heterocycles. The zero-order valence-electron chi connectivity index (χ0n) is 18.1. The molecule has 3 atom stereocenters. The number of aliphatic hydroxyl groups is 1. The summed E-state index contributed by atoms with van der Waals surface area (Å²) in [6.07, 6.45) is 0.0623. The second-order valence-electron chi connectivity index (χ2n) is 8.34. The van der Waals surface area contributed by atoms with E-state index in [1.807, 2.05) is 48.5 Å². The van der Waals surface area contributed by atoms with Crippen LogP contribution in [0, 0.1) is 5.92 Å². The van der Waals surface area contributed by atoms with Crippen LogP contribution in [0.2, 0.25) is 0 Å². The summed E-state index contributed by atoms with van der Waals surface area (Å²) in [7, 11) is 0. The van der Waals surface area contributed by atoms with Gasteiger partial charge >= 0.3 is 0 Å². The summed E-state index contributed by atoms with van der Waals surface area (Å²) in [6.45, 7) is 1.88. The highest BCUT2D eigenvalue weighted by molar-refractivity contribution is 5.98. The predicted molar refractivity (Wildman–Crippen MR) is 125 cm³/mol. The molecule has 1 aliphatic heterocycles. The van der Waals surface area contributed by atoms with Crippen molar-refractivity contribution in [2.45, 2.75) is 38.3 Å². The van der Waals surface area contributed by atoms with Gasteiger partial charge in [-0.25, -0.2) is 0 Å². The number of carbonyl (C=O) groups excluding carboxylic acids is 1. The highest BCUT2D eigenvalue weighted by Gasteiger charge is 2.38. The van der Waals surface area contributed by atoms with Gasteiger partial charge in [-0.1, -0.05) is 60.7 Å². The standard InChI is InChI=1S/C27H30N2O3/c28-27-25(24(30)12-7-17-29(27)18-20-8-3-1-4-9-20)26(31)22-13-15-23(16-14-22)32-19-21-10-5-2-6-11-21/h1-6,8-11,13-16,24-25,27,30H,7,12,17-19,28H2. The first kappa shape index (κ1) is 22.2. The van der Waals surface area contributed by atoms with E-state index in [0.717, 1.165) is 24.1 Å². The topological polar surface area (TPSA) is 75.8 Å². The average Bonchev–Trinajstić information content (AvgIpc) is 2.96. The molecule has 1 aliphatic rings. The number of rotatable bonds is 7. The molecule has 0 aliphatic carbocycles. The minimum absolute atomic E-state index is 0.125. The van der Waals surface area contributed by atoms with Gasteiger partial charge in [0.2, 0.25) is 0 Å². The number of ether oxygens (including phenoxy) is 1. The molecule has 3 N–H and O–H groups in total.